The first-order valence-electron chi connectivity index (χ1n) is 8.39. The molecule has 0 radical (unpaired) electrons. The molecule has 27 heavy (non-hydrogen) atoms. The Balaban J connectivity index is 1.70. The van der Waals surface area contributed by atoms with E-state index in [4.69, 9.17) is 11.6 Å². The number of nitrogens with zero attached hydrogens (tertiary/aromatic N) is 3. The number of amides is 1. The van der Waals surface area contributed by atoms with Gasteiger partial charge in [-0.25, -0.2) is 13.5 Å². The summed E-state index contributed by atoms with van der Waals surface area (Å²) in [6.07, 6.45) is 2.52. The van der Waals surface area contributed by atoms with E-state index in [9.17, 15) is 13.6 Å². The Bertz CT molecular complexity index is 1040. The zero-order valence-corrected chi connectivity index (χ0v) is 15.1. The molecule has 3 aromatic rings. The van der Waals surface area contributed by atoms with Crippen molar-refractivity contribution in [2.45, 2.75) is 19.8 Å². The van der Waals surface area contributed by atoms with E-state index in [1.165, 1.54) is 12.1 Å². The maximum Gasteiger partial charge on any atom is 0.255 e. The number of halogens is 3. The van der Waals surface area contributed by atoms with Gasteiger partial charge in [0, 0.05) is 31.3 Å². The van der Waals surface area contributed by atoms with Gasteiger partial charge in [0.25, 0.3) is 5.91 Å². The molecule has 5 nitrogen and oxygen atoms in total. The predicted octanol–water partition coefficient (Wildman–Crippen LogP) is 3.38. The molecule has 0 bridgehead atoms. The predicted molar refractivity (Wildman–Crippen MR) is 96.3 cm³/mol. The summed E-state index contributed by atoms with van der Waals surface area (Å²) in [6.45, 7) is 2.35. The largest absolute Gasteiger partial charge is 0.352 e. The summed E-state index contributed by atoms with van der Waals surface area (Å²) in [5.74, 6) is -1.72. The first kappa shape index (κ1) is 17.6. The van der Waals surface area contributed by atoms with Crippen molar-refractivity contribution in [2.75, 3.05) is 6.54 Å². The van der Waals surface area contributed by atoms with E-state index in [-0.39, 0.29) is 12.3 Å². The number of benzene rings is 1. The van der Waals surface area contributed by atoms with Crippen LogP contribution in [0.2, 0.25) is 5.02 Å². The Labute approximate surface area is 159 Å². The summed E-state index contributed by atoms with van der Waals surface area (Å²) in [4.78, 5) is 16.4. The van der Waals surface area contributed by atoms with Crippen molar-refractivity contribution in [1.29, 1.82) is 0 Å². The number of carbonyl (C=O) groups is 1. The van der Waals surface area contributed by atoms with Crippen LogP contribution in [-0.2, 0) is 12.8 Å². The van der Waals surface area contributed by atoms with E-state index >= 15 is 0 Å². The van der Waals surface area contributed by atoms with Crippen LogP contribution in [0.5, 0.6) is 0 Å². The number of hydrogen-bond acceptors (Lipinski definition) is 3. The minimum Gasteiger partial charge on any atom is -0.352 e. The second-order valence-corrected chi connectivity index (χ2v) is 6.76. The second-order valence-electron chi connectivity index (χ2n) is 6.38. The fourth-order valence-corrected chi connectivity index (χ4v) is 3.42. The lowest BCUT2D eigenvalue weighted by Crippen LogP contribution is -2.32. The summed E-state index contributed by atoms with van der Waals surface area (Å²) >= 11 is 5.53. The fraction of sp³-hybridized carbons (Fsp3) is 0.211. The minimum atomic E-state index is -0.800. The zero-order chi connectivity index (χ0) is 19.1. The summed E-state index contributed by atoms with van der Waals surface area (Å²) in [5, 5.41) is 6.79. The highest BCUT2D eigenvalue weighted by molar-refractivity contribution is 6.30. The molecule has 1 amide bonds. The van der Waals surface area contributed by atoms with Crippen molar-refractivity contribution >= 4 is 17.5 Å². The lowest BCUT2D eigenvalue weighted by molar-refractivity contribution is 0.0945. The number of carbonyl (C=O) groups excluding carboxylic acids is 1. The van der Waals surface area contributed by atoms with Gasteiger partial charge in [0.05, 0.1) is 22.6 Å². The average Bonchev–Trinajstić information content (AvgIpc) is 2.98. The topological polar surface area (TPSA) is 59.8 Å². The maximum absolute atomic E-state index is 13.7. The highest BCUT2D eigenvalue weighted by atomic mass is 35.5. The number of rotatable bonds is 3. The van der Waals surface area contributed by atoms with Gasteiger partial charge in [0.2, 0.25) is 0 Å². The van der Waals surface area contributed by atoms with E-state index < -0.39 is 16.7 Å². The summed E-state index contributed by atoms with van der Waals surface area (Å²) in [6, 6.07) is 5.98. The van der Waals surface area contributed by atoms with Crippen molar-refractivity contribution in [2.24, 2.45) is 0 Å². The van der Waals surface area contributed by atoms with Crippen LogP contribution in [0.15, 0.2) is 30.5 Å². The van der Waals surface area contributed by atoms with E-state index in [0.717, 1.165) is 11.4 Å². The Kier molecular flexibility index (Phi) is 4.39. The third kappa shape index (κ3) is 3.19. The molecule has 8 heteroatoms. The van der Waals surface area contributed by atoms with Gasteiger partial charge >= 0.3 is 0 Å². The van der Waals surface area contributed by atoms with Gasteiger partial charge in [-0.2, -0.15) is 5.10 Å². The van der Waals surface area contributed by atoms with Crippen LogP contribution in [0, 0.1) is 18.6 Å². The second kappa shape index (κ2) is 6.74. The summed E-state index contributed by atoms with van der Waals surface area (Å²) in [7, 11) is 0. The number of aromatic nitrogens is 3. The van der Waals surface area contributed by atoms with Gasteiger partial charge in [-0.3, -0.25) is 9.78 Å². The quantitative estimate of drug-likeness (QED) is 0.700. The van der Waals surface area contributed by atoms with Gasteiger partial charge in [-0.15, -0.1) is 0 Å². The highest BCUT2D eigenvalue weighted by Gasteiger charge is 2.25. The Morgan fingerprint density at radius 1 is 1.26 bits per heavy atom. The number of fused-ring (bicyclic) bond motifs is 1. The van der Waals surface area contributed by atoms with Crippen molar-refractivity contribution in [1.82, 2.24) is 20.1 Å². The SMILES string of the molecule is Cc1nn(-c2ccnc(Cc3cc(F)c(Cl)c(F)c3)c2)c2c1C(=O)NCC2. The molecule has 0 fully saturated rings. The molecular formula is C19H15ClF2N4O. The lowest BCUT2D eigenvalue weighted by Gasteiger charge is -2.15. The number of hydrogen-bond donors (Lipinski definition) is 1. The molecule has 1 N–H and O–H groups in total. The third-order valence-corrected chi connectivity index (χ3v) is 4.87. The zero-order valence-electron chi connectivity index (χ0n) is 14.4. The Morgan fingerprint density at radius 3 is 2.74 bits per heavy atom. The average molecular weight is 389 g/mol. The van der Waals surface area contributed by atoms with Crippen molar-refractivity contribution < 1.29 is 13.6 Å². The Morgan fingerprint density at radius 2 is 2.00 bits per heavy atom. The maximum atomic E-state index is 13.7. The van der Waals surface area contributed by atoms with Crippen molar-refractivity contribution in [3.8, 4) is 5.69 Å². The number of pyridine rings is 1. The molecule has 0 aliphatic carbocycles. The van der Waals surface area contributed by atoms with Crippen LogP contribution in [-0.4, -0.2) is 27.2 Å². The molecule has 4 rings (SSSR count). The monoisotopic (exact) mass is 388 g/mol. The number of nitrogens with one attached hydrogen (secondary N) is 1. The van der Waals surface area contributed by atoms with Crippen LogP contribution in [0.1, 0.15) is 33.0 Å². The van der Waals surface area contributed by atoms with E-state index in [1.54, 1.807) is 29.9 Å². The van der Waals surface area contributed by atoms with Gasteiger partial charge in [0.1, 0.15) is 16.7 Å². The molecule has 0 atom stereocenters. The number of aryl methyl sites for hydroxylation is 1. The normalized spacial score (nSPS) is 13.4. The summed E-state index contributed by atoms with van der Waals surface area (Å²) < 4.78 is 29.1. The fourth-order valence-electron chi connectivity index (χ4n) is 3.31. The molecule has 3 heterocycles. The molecule has 1 aliphatic rings. The molecule has 0 spiro atoms. The van der Waals surface area contributed by atoms with Gasteiger partial charge in [-0.05, 0) is 36.8 Å². The van der Waals surface area contributed by atoms with Gasteiger partial charge in [-0.1, -0.05) is 11.6 Å². The molecule has 138 valence electrons. The van der Waals surface area contributed by atoms with Gasteiger partial charge in [0.15, 0.2) is 0 Å². The molecule has 0 saturated carbocycles. The smallest absolute Gasteiger partial charge is 0.255 e. The molecule has 1 aromatic carbocycles. The minimum absolute atomic E-state index is 0.124. The Hall–Kier alpha value is -2.80. The lowest BCUT2D eigenvalue weighted by atomic mass is 10.1. The van der Waals surface area contributed by atoms with Crippen LogP contribution in [0.4, 0.5) is 8.78 Å². The van der Waals surface area contributed by atoms with Crippen LogP contribution >= 0.6 is 11.6 Å². The van der Waals surface area contributed by atoms with E-state index in [2.05, 4.69) is 15.4 Å². The standard InChI is InChI=1S/C19H15ClF2N4O/c1-10-17-16(3-5-24-19(17)27)26(25-10)13-2-4-23-12(9-13)6-11-7-14(21)18(20)15(22)8-11/h2,4,7-9H,3,5-6H2,1H3,(H,24,27). The molecule has 0 unspecified atom stereocenters. The summed E-state index contributed by atoms with van der Waals surface area (Å²) in [5.41, 5.74) is 3.89. The molecule has 1 aliphatic heterocycles. The molecule has 2 aromatic heterocycles. The van der Waals surface area contributed by atoms with E-state index in [1.807, 2.05) is 0 Å². The van der Waals surface area contributed by atoms with Gasteiger partial charge < -0.3 is 5.32 Å². The van der Waals surface area contributed by atoms with Crippen LogP contribution in [0.25, 0.3) is 5.69 Å². The first-order chi connectivity index (χ1) is 12.9. The van der Waals surface area contributed by atoms with Crippen LogP contribution in [0.3, 0.4) is 0 Å². The highest BCUT2D eigenvalue weighted by Crippen LogP contribution is 2.24. The van der Waals surface area contributed by atoms with Crippen molar-refractivity contribution in [3.05, 3.63) is 75.3 Å². The van der Waals surface area contributed by atoms with Crippen molar-refractivity contribution in [3.63, 3.8) is 0 Å². The molecular weight excluding hydrogens is 374 g/mol. The van der Waals surface area contributed by atoms with Crippen LogP contribution < -0.4 is 5.32 Å². The first-order valence-corrected chi connectivity index (χ1v) is 8.77. The van der Waals surface area contributed by atoms with E-state index in [0.29, 0.717) is 35.5 Å². The molecule has 0 saturated heterocycles. The third-order valence-electron chi connectivity index (χ3n) is 4.50.